The summed E-state index contributed by atoms with van der Waals surface area (Å²) in [6, 6.07) is 7.51. The van der Waals surface area contributed by atoms with E-state index >= 15 is 0 Å². The zero-order valence-electron chi connectivity index (χ0n) is 13.0. The fourth-order valence-corrected chi connectivity index (χ4v) is 2.81. The monoisotopic (exact) mass is 346 g/mol. The standard InChI is InChI=1S/C16H23ClN2O2.ClH/c1-3-10-19(13-8-9-18-11-13)16(20)12(2)21-15-7-5-4-6-14(15)17;/h4-7,12-13,18H,3,8-11H2,1-2H3;1H. The molecule has 1 heterocycles. The SMILES string of the molecule is CCCN(C(=O)C(C)Oc1ccccc1Cl)C1CCNC1.Cl. The van der Waals surface area contributed by atoms with Crippen molar-refractivity contribution in [1.29, 1.82) is 0 Å². The molecule has 4 nitrogen and oxygen atoms in total. The van der Waals surface area contributed by atoms with Crippen LogP contribution in [-0.4, -0.2) is 42.6 Å². The molecule has 1 aliphatic heterocycles. The van der Waals surface area contributed by atoms with Gasteiger partial charge in [-0.2, -0.15) is 0 Å². The van der Waals surface area contributed by atoms with Gasteiger partial charge in [0.25, 0.3) is 5.91 Å². The lowest BCUT2D eigenvalue weighted by molar-refractivity contribution is -0.140. The minimum absolute atomic E-state index is 0. The van der Waals surface area contributed by atoms with Gasteiger partial charge in [-0.3, -0.25) is 4.79 Å². The van der Waals surface area contributed by atoms with Crippen molar-refractivity contribution in [1.82, 2.24) is 10.2 Å². The third-order valence-corrected chi connectivity index (χ3v) is 4.02. The number of carbonyl (C=O) groups is 1. The second kappa shape index (κ2) is 9.23. The van der Waals surface area contributed by atoms with Gasteiger partial charge < -0.3 is 15.0 Å². The van der Waals surface area contributed by atoms with Crippen LogP contribution in [0.1, 0.15) is 26.7 Å². The fraction of sp³-hybridized carbons (Fsp3) is 0.562. The molecule has 0 bridgehead atoms. The van der Waals surface area contributed by atoms with E-state index in [1.165, 1.54) is 0 Å². The molecule has 1 N–H and O–H groups in total. The molecule has 1 aromatic rings. The minimum Gasteiger partial charge on any atom is -0.479 e. The Bertz CT molecular complexity index is 479. The van der Waals surface area contributed by atoms with E-state index in [4.69, 9.17) is 16.3 Å². The van der Waals surface area contributed by atoms with Crippen molar-refractivity contribution in [3.05, 3.63) is 29.3 Å². The molecule has 2 rings (SSSR count). The molecule has 1 aromatic carbocycles. The molecule has 0 radical (unpaired) electrons. The normalized spacial score (nSPS) is 18.4. The lowest BCUT2D eigenvalue weighted by atomic mass is 10.2. The van der Waals surface area contributed by atoms with Crippen LogP contribution in [0, 0.1) is 0 Å². The lowest BCUT2D eigenvalue weighted by Gasteiger charge is -2.30. The Morgan fingerprint density at radius 1 is 1.50 bits per heavy atom. The topological polar surface area (TPSA) is 41.6 Å². The first kappa shape index (κ1) is 19.1. The molecule has 0 aliphatic carbocycles. The largest absolute Gasteiger partial charge is 0.479 e. The Morgan fingerprint density at radius 2 is 2.23 bits per heavy atom. The predicted octanol–water partition coefficient (Wildman–Crippen LogP) is 3.13. The molecule has 0 saturated carbocycles. The van der Waals surface area contributed by atoms with Gasteiger partial charge in [-0.05, 0) is 38.4 Å². The Kier molecular flexibility index (Phi) is 8.01. The highest BCUT2D eigenvalue weighted by atomic mass is 35.5. The first-order valence-corrected chi connectivity index (χ1v) is 7.93. The van der Waals surface area contributed by atoms with Crippen LogP contribution in [-0.2, 0) is 4.79 Å². The summed E-state index contributed by atoms with van der Waals surface area (Å²) >= 11 is 6.08. The number of para-hydroxylation sites is 1. The number of carbonyl (C=O) groups excluding carboxylic acids is 1. The summed E-state index contributed by atoms with van der Waals surface area (Å²) in [6.45, 7) is 6.48. The number of benzene rings is 1. The summed E-state index contributed by atoms with van der Waals surface area (Å²) in [6.07, 6.45) is 1.42. The van der Waals surface area contributed by atoms with E-state index in [1.807, 2.05) is 17.0 Å². The molecule has 1 saturated heterocycles. The van der Waals surface area contributed by atoms with E-state index in [0.29, 0.717) is 10.8 Å². The zero-order chi connectivity index (χ0) is 15.2. The third kappa shape index (κ3) is 4.77. The number of nitrogens with one attached hydrogen (secondary N) is 1. The van der Waals surface area contributed by atoms with Crippen LogP contribution in [0.25, 0.3) is 0 Å². The number of ether oxygens (including phenoxy) is 1. The number of halogens is 2. The molecule has 22 heavy (non-hydrogen) atoms. The highest BCUT2D eigenvalue weighted by Gasteiger charge is 2.29. The van der Waals surface area contributed by atoms with Crippen LogP contribution < -0.4 is 10.1 Å². The van der Waals surface area contributed by atoms with Crippen molar-refractivity contribution < 1.29 is 9.53 Å². The van der Waals surface area contributed by atoms with Gasteiger partial charge in [-0.1, -0.05) is 30.7 Å². The minimum atomic E-state index is -0.531. The molecule has 2 atom stereocenters. The fourth-order valence-electron chi connectivity index (χ4n) is 2.63. The Labute approximate surface area is 143 Å². The van der Waals surface area contributed by atoms with E-state index in [1.54, 1.807) is 19.1 Å². The number of hydrogen-bond acceptors (Lipinski definition) is 3. The van der Waals surface area contributed by atoms with Gasteiger partial charge in [0.1, 0.15) is 5.75 Å². The molecule has 0 aromatic heterocycles. The smallest absolute Gasteiger partial charge is 0.263 e. The maximum atomic E-state index is 12.7. The molecule has 0 spiro atoms. The molecule has 1 aliphatic rings. The third-order valence-electron chi connectivity index (χ3n) is 3.71. The quantitative estimate of drug-likeness (QED) is 0.860. The van der Waals surface area contributed by atoms with E-state index in [2.05, 4.69) is 12.2 Å². The van der Waals surface area contributed by atoms with Gasteiger partial charge in [0, 0.05) is 19.1 Å². The first-order chi connectivity index (χ1) is 10.1. The van der Waals surface area contributed by atoms with Gasteiger partial charge >= 0.3 is 0 Å². The van der Waals surface area contributed by atoms with E-state index in [0.717, 1.165) is 32.5 Å². The first-order valence-electron chi connectivity index (χ1n) is 7.56. The second-order valence-electron chi connectivity index (χ2n) is 5.37. The molecular weight excluding hydrogens is 323 g/mol. The van der Waals surface area contributed by atoms with Gasteiger partial charge in [0.15, 0.2) is 6.10 Å². The van der Waals surface area contributed by atoms with E-state index < -0.39 is 6.10 Å². The highest BCUT2D eigenvalue weighted by Crippen LogP contribution is 2.25. The van der Waals surface area contributed by atoms with Crippen molar-refractivity contribution >= 4 is 29.9 Å². The van der Waals surface area contributed by atoms with Crippen molar-refractivity contribution in [3.8, 4) is 5.75 Å². The molecule has 2 unspecified atom stereocenters. The van der Waals surface area contributed by atoms with Crippen LogP contribution in [0.3, 0.4) is 0 Å². The summed E-state index contributed by atoms with van der Waals surface area (Å²) in [5.74, 6) is 0.589. The average molecular weight is 347 g/mol. The van der Waals surface area contributed by atoms with Crippen LogP contribution in [0.5, 0.6) is 5.75 Å². The molecule has 1 amide bonds. The summed E-state index contributed by atoms with van der Waals surface area (Å²) < 4.78 is 5.75. The Hall–Kier alpha value is -0.970. The highest BCUT2D eigenvalue weighted by molar-refractivity contribution is 6.32. The van der Waals surface area contributed by atoms with E-state index in [-0.39, 0.29) is 24.4 Å². The summed E-state index contributed by atoms with van der Waals surface area (Å²) in [5, 5.41) is 3.84. The van der Waals surface area contributed by atoms with Crippen LogP contribution in [0.2, 0.25) is 5.02 Å². The summed E-state index contributed by atoms with van der Waals surface area (Å²) in [7, 11) is 0. The van der Waals surface area contributed by atoms with Crippen LogP contribution in [0.15, 0.2) is 24.3 Å². The number of nitrogens with zero attached hydrogens (tertiary/aromatic N) is 1. The maximum Gasteiger partial charge on any atom is 0.263 e. The lowest BCUT2D eigenvalue weighted by Crippen LogP contribution is -2.47. The van der Waals surface area contributed by atoms with Crippen molar-refractivity contribution in [2.75, 3.05) is 19.6 Å². The number of hydrogen-bond donors (Lipinski definition) is 1. The van der Waals surface area contributed by atoms with Gasteiger partial charge in [-0.15, -0.1) is 12.4 Å². The number of rotatable bonds is 6. The predicted molar refractivity (Wildman–Crippen MR) is 92.1 cm³/mol. The van der Waals surface area contributed by atoms with Gasteiger partial charge in [0.2, 0.25) is 0 Å². The van der Waals surface area contributed by atoms with Crippen molar-refractivity contribution in [2.24, 2.45) is 0 Å². The summed E-state index contributed by atoms with van der Waals surface area (Å²) in [5.41, 5.74) is 0. The van der Waals surface area contributed by atoms with Crippen molar-refractivity contribution in [2.45, 2.75) is 38.8 Å². The molecular formula is C16H24Cl2N2O2. The van der Waals surface area contributed by atoms with Crippen LogP contribution in [0.4, 0.5) is 0 Å². The second-order valence-corrected chi connectivity index (χ2v) is 5.78. The molecule has 1 fully saturated rings. The molecule has 6 heteroatoms. The number of amides is 1. The maximum absolute atomic E-state index is 12.7. The Morgan fingerprint density at radius 3 is 2.82 bits per heavy atom. The van der Waals surface area contributed by atoms with E-state index in [9.17, 15) is 4.79 Å². The summed E-state index contributed by atoms with van der Waals surface area (Å²) in [4.78, 5) is 14.6. The van der Waals surface area contributed by atoms with Gasteiger partial charge in [0.05, 0.1) is 5.02 Å². The zero-order valence-corrected chi connectivity index (χ0v) is 14.6. The van der Waals surface area contributed by atoms with Gasteiger partial charge in [-0.25, -0.2) is 0 Å². The average Bonchev–Trinajstić information content (AvgIpc) is 3.00. The Balaban J connectivity index is 0.00000242. The van der Waals surface area contributed by atoms with Crippen molar-refractivity contribution in [3.63, 3.8) is 0 Å². The molecule has 124 valence electrons. The van der Waals surface area contributed by atoms with Crippen LogP contribution >= 0.6 is 24.0 Å².